The zero-order valence-electron chi connectivity index (χ0n) is 11.1. The van der Waals surface area contributed by atoms with Gasteiger partial charge in [0.15, 0.2) is 0 Å². The third-order valence-corrected chi connectivity index (χ3v) is 4.30. The van der Waals surface area contributed by atoms with E-state index in [1.807, 2.05) is 0 Å². The molecule has 120 valence electrons. The number of aliphatic hydroxyl groups is 1. The van der Waals surface area contributed by atoms with Crippen LogP contribution in [-0.2, 0) is 16.2 Å². The lowest BCUT2D eigenvalue weighted by atomic mass is 10.2. The Morgan fingerprint density at radius 1 is 1.33 bits per heavy atom. The van der Waals surface area contributed by atoms with Crippen molar-refractivity contribution in [3.05, 3.63) is 29.6 Å². The summed E-state index contributed by atoms with van der Waals surface area (Å²) in [6, 6.07) is 0.562. The van der Waals surface area contributed by atoms with Crippen LogP contribution in [0.3, 0.4) is 0 Å². The largest absolute Gasteiger partial charge is 0.416 e. The Labute approximate surface area is 119 Å². The van der Waals surface area contributed by atoms with Crippen molar-refractivity contribution in [3.63, 3.8) is 0 Å². The average Bonchev–Trinajstić information content (AvgIpc) is 2.34. The minimum Gasteiger partial charge on any atom is -0.396 e. The van der Waals surface area contributed by atoms with Crippen LogP contribution in [-0.4, -0.2) is 26.2 Å². The summed E-state index contributed by atoms with van der Waals surface area (Å²) in [4.78, 5) is -1.05. The van der Waals surface area contributed by atoms with Gasteiger partial charge in [0, 0.05) is 12.6 Å². The molecule has 0 radical (unpaired) electrons. The molecule has 0 aliphatic rings. The first kappa shape index (κ1) is 17.9. The number of rotatable bonds is 6. The van der Waals surface area contributed by atoms with Gasteiger partial charge in [-0.05, 0) is 38.0 Å². The van der Waals surface area contributed by atoms with Crippen molar-refractivity contribution >= 4 is 10.0 Å². The van der Waals surface area contributed by atoms with Crippen LogP contribution in [0.4, 0.5) is 17.6 Å². The Balaban J connectivity index is 3.08. The number of alkyl halides is 3. The highest BCUT2D eigenvalue weighted by Gasteiger charge is 2.33. The summed E-state index contributed by atoms with van der Waals surface area (Å²) in [7, 11) is -4.41. The first-order chi connectivity index (χ1) is 9.58. The second kappa shape index (κ2) is 6.71. The van der Waals surface area contributed by atoms with Crippen molar-refractivity contribution in [2.75, 3.05) is 6.61 Å². The van der Waals surface area contributed by atoms with Gasteiger partial charge in [0.2, 0.25) is 10.0 Å². The predicted molar refractivity (Wildman–Crippen MR) is 67.5 cm³/mol. The quantitative estimate of drug-likeness (QED) is 0.787. The van der Waals surface area contributed by atoms with Gasteiger partial charge in [-0.25, -0.2) is 17.5 Å². The van der Waals surface area contributed by atoms with Gasteiger partial charge in [0.05, 0.1) is 5.56 Å². The van der Waals surface area contributed by atoms with E-state index in [0.29, 0.717) is 18.6 Å². The van der Waals surface area contributed by atoms with Gasteiger partial charge in [-0.1, -0.05) is 0 Å². The molecule has 0 bridgehead atoms. The van der Waals surface area contributed by atoms with E-state index in [0.717, 1.165) is 0 Å². The smallest absolute Gasteiger partial charge is 0.396 e. The summed E-state index contributed by atoms with van der Waals surface area (Å²) in [5.41, 5.74) is -1.24. The molecule has 0 aliphatic carbocycles. The van der Waals surface area contributed by atoms with Crippen LogP contribution < -0.4 is 4.72 Å². The molecule has 1 rings (SSSR count). The molecule has 0 heterocycles. The van der Waals surface area contributed by atoms with Crippen LogP contribution in [0.25, 0.3) is 0 Å². The van der Waals surface area contributed by atoms with Crippen LogP contribution in [0.2, 0.25) is 0 Å². The molecule has 4 nitrogen and oxygen atoms in total. The summed E-state index contributed by atoms with van der Waals surface area (Å²) in [6.07, 6.45) is -4.18. The molecule has 9 heteroatoms. The second-order valence-electron chi connectivity index (χ2n) is 4.53. The van der Waals surface area contributed by atoms with E-state index in [9.17, 15) is 26.0 Å². The predicted octanol–water partition coefficient (Wildman–Crippen LogP) is 2.28. The highest BCUT2D eigenvalue weighted by Crippen LogP contribution is 2.31. The van der Waals surface area contributed by atoms with Crippen LogP contribution in [0.1, 0.15) is 25.3 Å². The number of aliphatic hydroxyl groups excluding tert-OH is 1. The number of hydrogen-bond donors (Lipinski definition) is 2. The number of hydrogen-bond acceptors (Lipinski definition) is 3. The first-order valence-corrected chi connectivity index (χ1v) is 7.56. The van der Waals surface area contributed by atoms with Gasteiger partial charge < -0.3 is 5.11 Å². The summed E-state index contributed by atoms with van der Waals surface area (Å²) < 4.78 is 77.1. The van der Waals surface area contributed by atoms with Crippen molar-refractivity contribution in [3.8, 4) is 0 Å². The molecule has 0 aromatic heterocycles. The molecule has 0 aliphatic heterocycles. The van der Waals surface area contributed by atoms with E-state index >= 15 is 0 Å². The van der Waals surface area contributed by atoms with Crippen molar-refractivity contribution in [1.29, 1.82) is 0 Å². The highest BCUT2D eigenvalue weighted by atomic mass is 32.2. The Kier molecular flexibility index (Phi) is 5.71. The van der Waals surface area contributed by atoms with Crippen molar-refractivity contribution in [1.82, 2.24) is 4.72 Å². The molecule has 1 aromatic rings. The standard InChI is InChI=1S/C12H15F4NO3S/c1-8(3-2-6-18)17-21(19,20)11-7-9(12(14,15)16)4-5-10(11)13/h4-5,7-8,17-18H,2-3,6H2,1H3/t8-/m0/s1. The molecule has 0 amide bonds. The van der Waals surface area contributed by atoms with Crippen molar-refractivity contribution in [2.24, 2.45) is 0 Å². The maximum absolute atomic E-state index is 13.5. The minimum atomic E-state index is -4.76. The zero-order valence-corrected chi connectivity index (χ0v) is 11.9. The molecule has 0 saturated heterocycles. The SMILES string of the molecule is C[C@@H](CCCO)NS(=O)(=O)c1cc(C(F)(F)F)ccc1F. The van der Waals surface area contributed by atoms with Gasteiger partial charge in [0.25, 0.3) is 0 Å². The molecule has 0 unspecified atom stereocenters. The summed E-state index contributed by atoms with van der Waals surface area (Å²) in [6.45, 7) is 1.32. The van der Waals surface area contributed by atoms with Crippen LogP contribution in [0.15, 0.2) is 23.1 Å². The number of halogens is 4. The van der Waals surface area contributed by atoms with Crippen molar-refractivity contribution < 1.29 is 31.1 Å². The van der Waals surface area contributed by atoms with E-state index in [2.05, 4.69) is 4.72 Å². The van der Waals surface area contributed by atoms with Crippen molar-refractivity contribution in [2.45, 2.75) is 36.9 Å². The summed E-state index contributed by atoms with van der Waals surface area (Å²) in [5, 5.41) is 8.64. The maximum atomic E-state index is 13.5. The molecule has 21 heavy (non-hydrogen) atoms. The Morgan fingerprint density at radius 2 is 1.95 bits per heavy atom. The van der Waals surface area contributed by atoms with E-state index in [1.165, 1.54) is 6.92 Å². The van der Waals surface area contributed by atoms with E-state index < -0.39 is 38.5 Å². The third-order valence-electron chi connectivity index (χ3n) is 2.70. The molecule has 0 fully saturated rings. The van der Waals surface area contributed by atoms with E-state index in [-0.39, 0.29) is 19.1 Å². The number of sulfonamides is 1. The lowest BCUT2D eigenvalue weighted by Crippen LogP contribution is -2.33. The van der Waals surface area contributed by atoms with Gasteiger partial charge in [0.1, 0.15) is 10.7 Å². The van der Waals surface area contributed by atoms with Gasteiger partial charge >= 0.3 is 6.18 Å². The number of benzene rings is 1. The number of nitrogens with one attached hydrogen (secondary N) is 1. The Morgan fingerprint density at radius 3 is 2.48 bits per heavy atom. The fourth-order valence-corrected chi connectivity index (χ4v) is 3.05. The van der Waals surface area contributed by atoms with E-state index in [1.54, 1.807) is 0 Å². The first-order valence-electron chi connectivity index (χ1n) is 6.08. The van der Waals surface area contributed by atoms with Gasteiger partial charge in [-0.15, -0.1) is 0 Å². The third kappa shape index (κ3) is 4.94. The molecule has 0 saturated carbocycles. The molecule has 1 aromatic carbocycles. The van der Waals surface area contributed by atoms with Crippen LogP contribution in [0, 0.1) is 5.82 Å². The van der Waals surface area contributed by atoms with Crippen LogP contribution >= 0.6 is 0 Å². The second-order valence-corrected chi connectivity index (χ2v) is 6.21. The minimum absolute atomic E-state index is 0.149. The highest BCUT2D eigenvalue weighted by molar-refractivity contribution is 7.89. The molecule has 2 N–H and O–H groups in total. The summed E-state index contributed by atoms with van der Waals surface area (Å²) in [5.74, 6) is -1.26. The van der Waals surface area contributed by atoms with Crippen LogP contribution in [0.5, 0.6) is 0 Å². The van der Waals surface area contributed by atoms with Gasteiger partial charge in [-0.2, -0.15) is 13.2 Å². The lowest BCUT2D eigenvalue weighted by molar-refractivity contribution is -0.137. The maximum Gasteiger partial charge on any atom is 0.416 e. The topological polar surface area (TPSA) is 66.4 Å². The average molecular weight is 329 g/mol. The molecule has 0 spiro atoms. The molecule has 1 atom stereocenters. The monoisotopic (exact) mass is 329 g/mol. The fourth-order valence-electron chi connectivity index (χ4n) is 1.67. The Hall–Kier alpha value is -1.19. The fraction of sp³-hybridized carbons (Fsp3) is 0.500. The van der Waals surface area contributed by atoms with Gasteiger partial charge in [-0.3, -0.25) is 0 Å². The molecular formula is C12H15F4NO3S. The zero-order chi connectivity index (χ0) is 16.3. The van der Waals surface area contributed by atoms with E-state index in [4.69, 9.17) is 5.11 Å². The lowest BCUT2D eigenvalue weighted by Gasteiger charge is -2.15. The summed E-state index contributed by atoms with van der Waals surface area (Å²) >= 11 is 0. The molecular weight excluding hydrogens is 314 g/mol. The normalized spacial score (nSPS) is 14.2. The Bertz CT molecular complexity index is 587.